The standard InChI is InChI=1S/C13H11F3O4/c1-9(12(18)20-13(14,15)16)7-11(17)19-8-10-5-3-2-4-6-10/h2-6H,1,7-8H2. The predicted octanol–water partition coefficient (Wildman–Crippen LogP) is 2.74. The highest BCUT2D eigenvalue weighted by Gasteiger charge is 2.35. The van der Waals surface area contributed by atoms with Gasteiger partial charge in [0.1, 0.15) is 6.61 Å². The molecule has 4 nitrogen and oxygen atoms in total. The second kappa shape index (κ2) is 6.74. The van der Waals surface area contributed by atoms with Gasteiger partial charge >= 0.3 is 18.3 Å². The summed E-state index contributed by atoms with van der Waals surface area (Å²) >= 11 is 0. The molecular formula is C13H11F3O4. The molecule has 20 heavy (non-hydrogen) atoms. The number of halogens is 3. The van der Waals surface area contributed by atoms with Gasteiger partial charge in [-0.05, 0) is 5.56 Å². The number of hydrogen-bond acceptors (Lipinski definition) is 4. The largest absolute Gasteiger partial charge is 0.575 e. The van der Waals surface area contributed by atoms with E-state index in [1.54, 1.807) is 30.3 Å². The van der Waals surface area contributed by atoms with E-state index < -0.39 is 30.3 Å². The first-order chi connectivity index (χ1) is 9.28. The first-order valence-electron chi connectivity index (χ1n) is 5.45. The molecule has 1 aromatic rings. The molecule has 1 aromatic carbocycles. The van der Waals surface area contributed by atoms with Crippen molar-refractivity contribution in [1.29, 1.82) is 0 Å². The summed E-state index contributed by atoms with van der Waals surface area (Å²) in [5.74, 6) is -2.56. The van der Waals surface area contributed by atoms with E-state index in [4.69, 9.17) is 4.74 Å². The maximum Gasteiger partial charge on any atom is 0.575 e. The molecular weight excluding hydrogens is 277 g/mol. The van der Waals surface area contributed by atoms with Crippen molar-refractivity contribution in [3.8, 4) is 0 Å². The van der Waals surface area contributed by atoms with Crippen LogP contribution in [0.2, 0.25) is 0 Å². The number of carbonyl (C=O) groups is 2. The number of esters is 2. The number of rotatable bonds is 5. The van der Waals surface area contributed by atoms with Crippen molar-refractivity contribution in [3.63, 3.8) is 0 Å². The van der Waals surface area contributed by atoms with Crippen molar-refractivity contribution < 1.29 is 32.2 Å². The van der Waals surface area contributed by atoms with E-state index >= 15 is 0 Å². The number of ether oxygens (including phenoxy) is 2. The lowest BCUT2D eigenvalue weighted by molar-refractivity contribution is -0.303. The summed E-state index contributed by atoms with van der Waals surface area (Å²) in [7, 11) is 0. The number of alkyl halides is 3. The van der Waals surface area contributed by atoms with Gasteiger partial charge in [-0.1, -0.05) is 36.9 Å². The van der Waals surface area contributed by atoms with E-state index in [0.717, 1.165) is 0 Å². The summed E-state index contributed by atoms with van der Waals surface area (Å²) in [4.78, 5) is 22.2. The Hall–Kier alpha value is -2.31. The molecule has 0 N–H and O–H groups in total. The van der Waals surface area contributed by atoms with Crippen LogP contribution in [0.4, 0.5) is 13.2 Å². The Balaban J connectivity index is 2.39. The molecule has 0 aromatic heterocycles. The van der Waals surface area contributed by atoms with Crippen LogP contribution in [0.3, 0.4) is 0 Å². The molecule has 0 saturated carbocycles. The maximum absolute atomic E-state index is 11.8. The Morgan fingerprint density at radius 3 is 2.30 bits per heavy atom. The second-order valence-electron chi connectivity index (χ2n) is 3.76. The third-order valence-corrected chi connectivity index (χ3v) is 2.10. The van der Waals surface area contributed by atoms with Crippen LogP contribution in [0, 0.1) is 0 Å². The van der Waals surface area contributed by atoms with Gasteiger partial charge in [0.15, 0.2) is 0 Å². The molecule has 0 saturated heterocycles. The molecule has 0 aliphatic heterocycles. The molecule has 0 bridgehead atoms. The van der Waals surface area contributed by atoms with Crippen molar-refractivity contribution >= 4 is 11.9 Å². The van der Waals surface area contributed by atoms with Crippen molar-refractivity contribution in [2.45, 2.75) is 19.4 Å². The number of carbonyl (C=O) groups excluding carboxylic acids is 2. The molecule has 0 radical (unpaired) electrons. The molecule has 7 heteroatoms. The molecule has 0 amide bonds. The first-order valence-corrected chi connectivity index (χ1v) is 5.45. The van der Waals surface area contributed by atoms with Crippen LogP contribution in [0.5, 0.6) is 0 Å². The Kier molecular flexibility index (Phi) is 5.31. The van der Waals surface area contributed by atoms with E-state index in [2.05, 4.69) is 11.3 Å². The van der Waals surface area contributed by atoms with Crippen LogP contribution in [-0.2, 0) is 25.7 Å². The zero-order chi connectivity index (χ0) is 15.2. The number of benzene rings is 1. The average Bonchev–Trinajstić information content (AvgIpc) is 2.35. The van der Waals surface area contributed by atoms with Crippen LogP contribution in [0.15, 0.2) is 42.5 Å². The maximum atomic E-state index is 11.8. The van der Waals surface area contributed by atoms with E-state index in [-0.39, 0.29) is 6.61 Å². The monoisotopic (exact) mass is 288 g/mol. The zero-order valence-corrected chi connectivity index (χ0v) is 10.3. The van der Waals surface area contributed by atoms with Gasteiger partial charge in [-0.15, -0.1) is 13.2 Å². The first kappa shape index (κ1) is 15.7. The van der Waals surface area contributed by atoms with Gasteiger partial charge in [-0.2, -0.15) is 0 Å². The van der Waals surface area contributed by atoms with Crippen molar-refractivity contribution in [3.05, 3.63) is 48.0 Å². The third kappa shape index (κ3) is 6.03. The lowest BCUT2D eigenvalue weighted by atomic mass is 10.2. The SMILES string of the molecule is C=C(CC(=O)OCc1ccccc1)C(=O)OC(F)(F)F. The molecule has 0 atom stereocenters. The highest BCUT2D eigenvalue weighted by atomic mass is 19.4. The number of hydrogen-bond donors (Lipinski definition) is 0. The third-order valence-electron chi connectivity index (χ3n) is 2.10. The molecule has 1 rings (SSSR count). The quantitative estimate of drug-likeness (QED) is 0.617. The summed E-state index contributed by atoms with van der Waals surface area (Å²) in [6.07, 6.45) is -5.77. The minimum Gasteiger partial charge on any atom is -0.461 e. The molecule has 0 aliphatic rings. The van der Waals surface area contributed by atoms with Crippen molar-refractivity contribution in [1.82, 2.24) is 0 Å². The lowest BCUT2D eigenvalue weighted by Gasteiger charge is -2.09. The van der Waals surface area contributed by atoms with Gasteiger partial charge in [0.2, 0.25) is 0 Å². The summed E-state index contributed by atoms with van der Waals surface area (Å²) in [6, 6.07) is 8.67. The van der Waals surface area contributed by atoms with Crippen molar-refractivity contribution in [2.75, 3.05) is 0 Å². The Labute approximate surface area is 112 Å². The fourth-order valence-electron chi connectivity index (χ4n) is 1.21. The van der Waals surface area contributed by atoms with Crippen LogP contribution >= 0.6 is 0 Å². The Morgan fingerprint density at radius 2 is 1.75 bits per heavy atom. The minimum absolute atomic E-state index is 0.0404. The van der Waals surface area contributed by atoms with Gasteiger partial charge in [0.25, 0.3) is 0 Å². The van der Waals surface area contributed by atoms with Gasteiger partial charge in [-0.25, -0.2) is 4.79 Å². The Bertz CT molecular complexity index is 494. The van der Waals surface area contributed by atoms with Gasteiger partial charge in [0.05, 0.1) is 6.42 Å². The van der Waals surface area contributed by atoms with Crippen LogP contribution in [-0.4, -0.2) is 18.3 Å². The fraction of sp³-hybridized carbons (Fsp3) is 0.231. The van der Waals surface area contributed by atoms with E-state index in [1.807, 2.05) is 0 Å². The summed E-state index contributed by atoms with van der Waals surface area (Å²) in [5.41, 5.74) is 0.0877. The van der Waals surface area contributed by atoms with Crippen molar-refractivity contribution in [2.24, 2.45) is 0 Å². The summed E-state index contributed by atoms with van der Waals surface area (Å²) < 4.78 is 43.2. The topological polar surface area (TPSA) is 52.6 Å². The van der Waals surface area contributed by atoms with Gasteiger partial charge in [0, 0.05) is 5.57 Å². The van der Waals surface area contributed by atoms with E-state index in [0.29, 0.717) is 5.56 Å². The average molecular weight is 288 g/mol. The highest BCUT2D eigenvalue weighted by molar-refractivity contribution is 5.93. The van der Waals surface area contributed by atoms with Crippen LogP contribution < -0.4 is 0 Å². The van der Waals surface area contributed by atoms with Crippen LogP contribution in [0.25, 0.3) is 0 Å². The van der Waals surface area contributed by atoms with Crippen LogP contribution in [0.1, 0.15) is 12.0 Å². The van der Waals surface area contributed by atoms with Gasteiger partial charge in [-0.3, -0.25) is 4.79 Å². The molecule has 0 unspecified atom stereocenters. The molecule has 108 valence electrons. The fourth-order valence-corrected chi connectivity index (χ4v) is 1.21. The smallest absolute Gasteiger partial charge is 0.461 e. The van der Waals surface area contributed by atoms with E-state index in [9.17, 15) is 22.8 Å². The van der Waals surface area contributed by atoms with E-state index in [1.165, 1.54) is 0 Å². The Morgan fingerprint density at radius 1 is 1.15 bits per heavy atom. The summed E-state index contributed by atoms with van der Waals surface area (Å²) in [5, 5.41) is 0. The zero-order valence-electron chi connectivity index (χ0n) is 10.3. The molecule has 0 aliphatic carbocycles. The lowest BCUT2D eigenvalue weighted by Crippen LogP contribution is -2.21. The predicted molar refractivity (Wildman–Crippen MR) is 62.1 cm³/mol. The minimum atomic E-state index is -5.10. The molecule has 0 fully saturated rings. The normalized spacial score (nSPS) is 10.8. The molecule has 0 spiro atoms. The summed E-state index contributed by atoms with van der Waals surface area (Å²) in [6.45, 7) is 3.02. The second-order valence-corrected chi connectivity index (χ2v) is 3.76. The highest BCUT2D eigenvalue weighted by Crippen LogP contribution is 2.19. The molecule has 0 heterocycles. The van der Waals surface area contributed by atoms with Gasteiger partial charge < -0.3 is 9.47 Å².